The molecule has 0 unspecified atom stereocenters. The molecule has 7 heteroatoms. The van der Waals surface area contributed by atoms with Gasteiger partial charge in [0.15, 0.2) is 0 Å². The number of carbonyl (C=O) groups is 2. The summed E-state index contributed by atoms with van der Waals surface area (Å²) in [6.45, 7) is 7.93. The minimum Gasteiger partial charge on any atom is -0.488 e. The summed E-state index contributed by atoms with van der Waals surface area (Å²) in [5, 5.41) is 2.14. The lowest BCUT2D eigenvalue weighted by Gasteiger charge is -2.13. The maximum absolute atomic E-state index is 13.3. The van der Waals surface area contributed by atoms with E-state index < -0.39 is 11.9 Å². The summed E-state index contributed by atoms with van der Waals surface area (Å²) < 4.78 is 16.7. The number of hydrogen-bond donors (Lipinski definition) is 0. The molecular formula is C55H60O5S2. The van der Waals surface area contributed by atoms with E-state index in [1.165, 1.54) is 86.8 Å². The largest absolute Gasteiger partial charge is 0.488 e. The van der Waals surface area contributed by atoms with Gasteiger partial charge >= 0.3 is 11.9 Å². The molecule has 0 radical (unpaired) electrons. The highest BCUT2D eigenvalue weighted by atomic mass is 32.2. The number of fused-ring (bicyclic) bond motifs is 1. The summed E-state index contributed by atoms with van der Waals surface area (Å²) in [7, 11) is 0. The summed E-state index contributed by atoms with van der Waals surface area (Å²) in [5.41, 5.74) is 4.65. The van der Waals surface area contributed by atoms with Crippen LogP contribution in [0.1, 0.15) is 129 Å². The maximum atomic E-state index is 13.3. The third-order valence-electron chi connectivity index (χ3n) is 10.2. The van der Waals surface area contributed by atoms with Crippen LogP contribution in [0.3, 0.4) is 0 Å². The highest BCUT2D eigenvalue weighted by molar-refractivity contribution is 7.99. The van der Waals surface area contributed by atoms with Gasteiger partial charge in [-0.2, -0.15) is 0 Å². The van der Waals surface area contributed by atoms with E-state index in [-0.39, 0.29) is 25.4 Å². The molecule has 5 nitrogen and oxygen atoms in total. The van der Waals surface area contributed by atoms with Crippen LogP contribution >= 0.6 is 23.5 Å². The first kappa shape index (κ1) is 47.7. The van der Waals surface area contributed by atoms with Gasteiger partial charge in [0.05, 0.1) is 0 Å². The van der Waals surface area contributed by atoms with Crippen molar-refractivity contribution >= 4 is 46.2 Å². The van der Waals surface area contributed by atoms with E-state index in [4.69, 9.17) is 14.2 Å². The van der Waals surface area contributed by atoms with Gasteiger partial charge in [-0.15, -0.1) is 23.5 Å². The summed E-state index contributed by atoms with van der Waals surface area (Å²) in [4.78, 5) is 27.3. The normalized spacial score (nSPS) is 10.6. The molecule has 5 rings (SSSR count). The van der Waals surface area contributed by atoms with Crippen molar-refractivity contribution in [1.82, 2.24) is 0 Å². The first-order valence-corrected chi connectivity index (χ1v) is 24.2. The fourth-order valence-corrected chi connectivity index (χ4v) is 8.46. The summed E-state index contributed by atoms with van der Waals surface area (Å²) >= 11 is 3.81. The summed E-state index contributed by atoms with van der Waals surface area (Å²) in [5.74, 6) is 14.5. The van der Waals surface area contributed by atoms with E-state index >= 15 is 0 Å². The summed E-state index contributed by atoms with van der Waals surface area (Å²) in [6.07, 6.45) is 16.8. The highest BCUT2D eigenvalue weighted by Crippen LogP contribution is 2.26. The first-order valence-electron chi connectivity index (χ1n) is 22.2. The molecule has 0 saturated heterocycles. The molecule has 0 aromatic heterocycles. The van der Waals surface area contributed by atoms with Crippen molar-refractivity contribution in [3.05, 3.63) is 149 Å². The van der Waals surface area contributed by atoms with Crippen molar-refractivity contribution in [2.24, 2.45) is 0 Å². The molecular weight excluding hydrogens is 805 g/mol. The van der Waals surface area contributed by atoms with E-state index in [1.54, 1.807) is 12.1 Å². The number of ether oxygens (including phenoxy) is 3. The Morgan fingerprint density at radius 3 is 1.63 bits per heavy atom. The van der Waals surface area contributed by atoms with Crippen LogP contribution in [0.5, 0.6) is 5.75 Å². The van der Waals surface area contributed by atoms with Crippen LogP contribution in [-0.4, -0.2) is 36.7 Å². The van der Waals surface area contributed by atoms with Crippen LogP contribution in [0.15, 0.2) is 126 Å². The predicted molar refractivity (Wildman–Crippen MR) is 259 cm³/mol. The highest BCUT2D eigenvalue weighted by Gasteiger charge is 2.16. The Hall–Kier alpha value is -5.34. The van der Waals surface area contributed by atoms with Gasteiger partial charge in [0.2, 0.25) is 0 Å². The topological polar surface area (TPSA) is 61.8 Å². The molecule has 0 N–H and O–H groups in total. The maximum Gasteiger partial charge on any atom is 0.342 e. The van der Waals surface area contributed by atoms with Crippen LogP contribution in [0, 0.1) is 23.7 Å². The third kappa shape index (κ3) is 17.2. The molecule has 0 aliphatic heterocycles. The van der Waals surface area contributed by atoms with Crippen molar-refractivity contribution in [2.75, 3.05) is 24.7 Å². The molecule has 0 aliphatic carbocycles. The van der Waals surface area contributed by atoms with Gasteiger partial charge < -0.3 is 14.2 Å². The van der Waals surface area contributed by atoms with Crippen molar-refractivity contribution < 1.29 is 23.8 Å². The number of benzene rings is 5. The number of esters is 2. The number of unbranched alkanes of at least 4 members (excludes halogenated alkanes) is 10. The first-order chi connectivity index (χ1) is 30.4. The van der Waals surface area contributed by atoms with Crippen molar-refractivity contribution in [2.45, 2.75) is 107 Å². The van der Waals surface area contributed by atoms with Crippen LogP contribution in [0.2, 0.25) is 0 Å². The molecule has 62 heavy (non-hydrogen) atoms. The Kier molecular flexibility index (Phi) is 21.2. The zero-order valence-corrected chi connectivity index (χ0v) is 38.1. The number of hydrogen-bond acceptors (Lipinski definition) is 7. The van der Waals surface area contributed by atoms with Crippen LogP contribution in [-0.2, 0) is 20.9 Å². The van der Waals surface area contributed by atoms with Gasteiger partial charge in [-0.25, -0.2) is 9.59 Å². The zero-order chi connectivity index (χ0) is 43.6. The Morgan fingerprint density at radius 1 is 0.548 bits per heavy atom. The van der Waals surface area contributed by atoms with Gasteiger partial charge in [-0.05, 0) is 126 Å². The monoisotopic (exact) mass is 864 g/mol. The van der Waals surface area contributed by atoms with Gasteiger partial charge in [-0.3, -0.25) is 0 Å². The fraction of sp³-hybridized carbons (Fsp3) is 0.345. The number of carbonyl (C=O) groups excluding carboxylic acids is 2. The molecule has 5 aromatic carbocycles. The van der Waals surface area contributed by atoms with Crippen molar-refractivity contribution in [3.63, 3.8) is 0 Å². The molecule has 0 aliphatic rings. The molecule has 0 saturated carbocycles. The Bertz CT molecular complexity index is 2310. The van der Waals surface area contributed by atoms with Crippen molar-refractivity contribution in [3.8, 4) is 29.4 Å². The molecule has 0 atom stereocenters. The number of thioether (sulfide) groups is 2. The van der Waals surface area contributed by atoms with Gasteiger partial charge in [0.1, 0.15) is 31.1 Å². The lowest BCUT2D eigenvalue weighted by molar-refractivity contribution is -0.138. The second-order valence-electron chi connectivity index (χ2n) is 15.2. The molecule has 0 fully saturated rings. The van der Waals surface area contributed by atoms with E-state index in [9.17, 15) is 9.59 Å². The molecule has 322 valence electrons. The summed E-state index contributed by atoms with van der Waals surface area (Å²) in [6, 6.07) is 34.5. The number of rotatable bonds is 24. The Balaban J connectivity index is 1.18. The Labute approximate surface area is 378 Å². The minimum atomic E-state index is -0.602. The lowest BCUT2D eigenvalue weighted by atomic mass is 10.0. The Morgan fingerprint density at radius 2 is 1.03 bits per heavy atom. The smallest absolute Gasteiger partial charge is 0.342 e. The van der Waals surface area contributed by atoms with Gasteiger partial charge in [-0.1, -0.05) is 127 Å². The zero-order valence-electron chi connectivity index (χ0n) is 36.5. The quantitative estimate of drug-likeness (QED) is 0.0201. The van der Waals surface area contributed by atoms with E-state index in [0.29, 0.717) is 11.3 Å². The molecule has 0 amide bonds. The lowest BCUT2D eigenvalue weighted by Crippen LogP contribution is -2.14. The van der Waals surface area contributed by atoms with Crippen LogP contribution < -0.4 is 4.74 Å². The van der Waals surface area contributed by atoms with Crippen molar-refractivity contribution in [1.29, 1.82) is 0 Å². The second kappa shape index (κ2) is 27.6. The van der Waals surface area contributed by atoms with E-state index in [0.717, 1.165) is 50.6 Å². The molecule has 0 bridgehead atoms. The van der Waals surface area contributed by atoms with Gasteiger partial charge in [0.25, 0.3) is 0 Å². The fourth-order valence-electron chi connectivity index (χ4n) is 6.63. The van der Waals surface area contributed by atoms with E-state index in [2.05, 4.69) is 105 Å². The molecule has 5 aromatic rings. The second-order valence-corrected chi connectivity index (χ2v) is 17.5. The predicted octanol–water partition coefficient (Wildman–Crippen LogP) is 14.0. The van der Waals surface area contributed by atoms with E-state index in [1.807, 2.05) is 53.9 Å². The SMILES string of the molecule is C=CC(=O)OCCOC(=O)c1cc(C#Cc2ccc(SCCCCCCC)cc2)ccc1OCc1ccc2cc(C#Cc3ccc(SCCCCCCCCC)cc3)ccc2c1. The van der Waals surface area contributed by atoms with Crippen LogP contribution in [0.4, 0.5) is 0 Å². The van der Waals surface area contributed by atoms with Crippen LogP contribution in [0.25, 0.3) is 10.8 Å². The van der Waals surface area contributed by atoms with Gasteiger partial charge in [0, 0.05) is 38.1 Å². The standard InChI is InChI=1S/C55H60O5S2/c1-4-7-9-11-12-14-16-38-62-51-30-23-43(24-31-51)17-19-45-21-28-49-40-47(22-29-48(49)39-45)42-60-53-34-27-46(41-52(53)55(57)59-36-35-58-54(56)6-3)20-18-44-25-32-50(33-26-44)61-37-15-13-10-8-5-2/h6,21-34,39-41H,3-5,7-16,35-38,42H2,1-2H3. The third-order valence-corrected chi connectivity index (χ3v) is 12.4. The minimum absolute atomic E-state index is 0.0877. The molecule has 0 heterocycles. The average molecular weight is 865 g/mol. The molecule has 0 spiro atoms. The average Bonchev–Trinajstić information content (AvgIpc) is 3.31.